The van der Waals surface area contributed by atoms with Crippen LogP contribution >= 0.6 is 0 Å². The minimum absolute atomic E-state index is 0.187. The molecule has 0 unspecified atom stereocenters. The van der Waals surface area contributed by atoms with Crippen LogP contribution in [0.3, 0.4) is 0 Å². The number of furan rings is 1. The first kappa shape index (κ1) is 18.9. The minimum atomic E-state index is -3.67. The van der Waals surface area contributed by atoms with Crippen molar-refractivity contribution < 1.29 is 22.2 Å². The van der Waals surface area contributed by atoms with E-state index in [1.165, 1.54) is 6.26 Å². The van der Waals surface area contributed by atoms with E-state index in [1.54, 1.807) is 30.3 Å². The van der Waals surface area contributed by atoms with Crippen molar-refractivity contribution in [1.29, 1.82) is 5.26 Å². The smallest absolute Gasteiger partial charge is 0.280 e. The summed E-state index contributed by atoms with van der Waals surface area (Å²) in [6.07, 6.45) is 2.13. The van der Waals surface area contributed by atoms with Gasteiger partial charge in [0.25, 0.3) is 16.0 Å². The van der Waals surface area contributed by atoms with Gasteiger partial charge in [-0.05, 0) is 23.8 Å². The lowest BCUT2D eigenvalue weighted by Crippen LogP contribution is -2.24. The highest BCUT2D eigenvalue weighted by atomic mass is 32.2. The molecule has 9 nitrogen and oxygen atoms in total. The van der Waals surface area contributed by atoms with Gasteiger partial charge in [0.05, 0.1) is 12.5 Å². The molecule has 24 heavy (non-hydrogen) atoms. The SMILES string of the molecule is CS(=O)(=O)O.N#Cc1occc1-c1cccc(C(=O)N=C(N)N)c1. The number of nitrogens with zero attached hydrogens (tertiary/aromatic N) is 2. The Hall–Kier alpha value is -3.16. The highest BCUT2D eigenvalue weighted by molar-refractivity contribution is 7.85. The van der Waals surface area contributed by atoms with Crippen LogP contribution in [0.1, 0.15) is 16.1 Å². The molecule has 1 aromatic carbocycles. The molecular formula is C14H14N4O5S. The van der Waals surface area contributed by atoms with Gasteiger partial charge >= 0.3 is 0 Å². The molecule has 0 bridgehead atoms. The van der Waals surface area contributed by atoms with E-state index in [0.29, 0.717) is 22.9 Å². The number of guanidine groups is 1. The molecule has 0 aliphatic rings. The van der Waals surface area contributed by atoms with Gasteiger partial charge < -0.3 is 15.9 Å². The summed E-state index contributed by atoms with van der Waals surface area (Å²) in [6, 6.07) is 10.2. The van der Waals surface area contributed by atoms with E-state index in [9.17, 15) is 13.2 Å². The van der Waals surface area contributed by atoms with Gasteiger partial charge in [0.2, 0.25) is 5.76 Å². The predicted octanol–water partition coefficient (Wildman–Crippen LogP) is 0.736. The number of benzene rings is 1. The summed E-state index contributed by atoms with van der Waals surface area (Å²) in [5.41, 5.74) is 11.9. The molecule has 0 aliphatic heterocycles. The van der Waals surface area contributed by atoms with Crippen molar-refractivity contribution in [2.24, 2.45) is 16.5 Å². The number of aliphatic imine (C=N–C) groups is 1. The maximum absolute atomic E-state index is 11.7. The van der Waals surface area contributed by atoms with Crippen LogP contribution in [0.15, 0.2) is 46.0 Å². The molecule has 1 heterocycles. The summed E-state index contributed by atoms with van der Waals surface area (Å²) in [7, 11) is -3.67. The van der Waals surface area contributed by atoms with E-state index in [2.05, 4.69) is 4.99 Å². The summed E-state index contributed by atoms with van der Waals surface area (Å²) in [6.45, 7) is 0. The molecule has 0 aliphatic carbocycles. The maximum Gasteiger partial charge on any atom is 0.280 e. The fraction of sp³-hybridized carbons (Fsp3) is 0.0714. The summed E-state index contributed by atoms with van der Waals surface area (Å²) < 4.78 is 30.9. The van der Waals surface area contributed by atoms with Crippen molar-refractivity contribution in [3.63, 3.8) is 0 Å². The van der Waals surface area contributed by atoms with E-state index in [1.807, 2.05) is 6.07 Å². The molecule has 0 saturated heterocycles. The summed E-state index contributed by atoms with van der Waals surface area (Å²) in [5.74, 6) is -0.647. The molecule has 0 spiro atoms. The number of nitriles is 1. The Morgan fingerprint density at radius 3 is 2.50 bits per heavy atom. The monoisotopic (exact) mass is 350 g/mol. The molecule has 1 amide bonds. The van der Waals surface area contributed by atoms with Crippen LogP contribution in [-0.4, -0.2) is 31.1 Å². The average molecular weight is 350 g/mol. The lowest BCUT2D eigenvalue weighted by atomic mass is 10.0. The van der Waals surface area contributed by atoms with Gasteiger partial charge in [-0.2, -0.15) is 18.7 Å². The number of carbonyl (C=O) groups is 1. The Labute approximate surface area is 138 Å². The fourth-order valence-electron chi connectivity index (χ4n) is 1.62. The average Bonchev–Trinajstić information content (AvgIpc) is 2.93. The summed E-state index contributed by atoms with van der Waals surface area (Å²) in [4.78, 5) is 15.2. The fourth-order valence-corrected chi connectivity index (χ4v) is 1.62. The van der Waals surface area contributed by atoms with Gasteiger partial charge in [-0.15, -0.1) is 0 Å². The van der Waals surface area contributed by atoms with E-state index >= 15 is 0 Å². The van der Waals surface area contributed by atoms with Crippen molar-refractivity contribution in [2.45, 2.75) is 0 Å². The van der Waals surface area contributed by atoms with E-state index in [0.717, 1.165) is 0 Å². The summed E-state index contributed by atoms with van der Waals surface area (Å²) >= 11 is 0. The minimum Gasteiger partial charge on any atom is -0.453 e. The first-order valence-electron chi connectivity index (χ1n) is 6.26. The van der Waals surface area contributed by atoms with Crippen LogP contribution in [0.4, 0.5) is 0 Å². The number of carbonyl (C=O) groups excluding carboxylic acids is 1. The van der Waals surface area contributed by atoms with Crippen LogP contribution in [0.25, 0.3) is 11.1 Å². The van der Waals surface area contributed by atoms with Crippen LogP contribution in [-0.2, 0) is 10.1 Å². The topological polar surface area (TPSA) is 173 Å². The molecule has 0 fully saturated rings. The lowest BCUT2D eigenvalue weighted by molar-refractivity contribution is 0.100. The van der Waals surface area contributed by atoms with Crippen LogP contribution in [0.2, 0.25) is 0 Å². The lowest BCUT2D eigenvalue weighted by Gasteiger charge is -2.01. The van der Waals surface area contributed by atoms with Crippen molar-refractivity contribution in [2.75, 3.05) is 6.26 Å². The normalized spacial score (nSPS) is 10.0. The molecule has 0 saturated carbocycles. The molecule has 2 aromatic rings. The molecule has 126 valence electrons. The molecule has 10 heteroatoms. The highest BCUT2D eigenvalue weighted by Crippen LogP contribution is 2.25. The van der Waals surface area contributed by atoms with Crippen LogP contribution < -0.4 is 11.5 Å². The Bertz CT molecular complexity index is 897. The summed E-state index contributed by atoms with van der Waals surface area (Å²) in [5, 5.41) is 8.90. The number of hydrogen-bond donors (Lipinski definition) is 3. The van der Waals surface area contributed by atoms with Gasteiger partial charge in [0.1, 0.15) is 6.07 Å². The predicted molar refractivity (Wildman–Crippen MR) is 86.5 cm³/mol. The number of nitrogens with two attached hydrogens (primary N) is 2. The molecule has 0 radical (unpaired) electrons. The number of hydrogen-bond acceptors (Lipinski definition) is 5. The molecular weight excluding hydrogens is 336 g/mol. The van der Waals surface area contributed by atoms with Gasteiger partial charge in [0.15, 0.2) is 5.96 Å². The number of amides is 1. The van der Waals surface area contributed by atoms with E-state index in [-0.39, 0.29) is 11.7 Å². The molecule has 0 atom stereocenters. The van der Waals surface area contributed by atoms with Crippen LogP contribution in [0, 0.1) is 11.3 Å². The third-order valence-electron chi connectivity index (χ3n) is 2.42. The van der Waals surface area contributed by atoms with Crippen molar-refractivity contribution in [1.82, 2.24) is 0 Å². The molecule has 1 aromatic heterocycles. The van der Waals surface area contributed by atoms with E-state index in [4.69, 9.17) is 25.7 Å². The Morgan fingerprint density at radius 2 is 1.96 bits per heavy atom. The van der Waals surface area contributed by atoms with E-state index < -0.39 is 16.0 Å². The molecule has 2 rings (SSSR count). The van der Waals surface area contributed by atoms with Crippen molar-refractivity contribution in [3.8, 4) is 17.2 Å². The standard InChI is InChI=1S/C13H10N4O2.CH4O3S/c14-7-11-10(4-5-19-11)8-2-1-3-9(6-8)12(18)17-13(15)16;1-5(2,3)4/h1-6H,(H4,15,16,17,18);1H3,(H,2,3,4). The van der Waals surface area contributed by atoms with Gasteiger partial charge in [-0.1, -0.05) is 12.1 Å². The second-order valence-corrected chi connectivity index (χ2v) is 5.90. The quantitative estimate of drug-likeness (QED) is 0.404. The van der Waals surface area contributed by atoms with Gasteiger partial charge in [-0.3, -0.25) is 9.35 Å². The van der Waals surface area contributed by atoms with Gasteiger partial charge in [-0.25, -0.2) is 0 Å². The highest BCUT2D eigenvalue weighted by Gasteiger charge is 2.11. The van der Waals surface area contributed by atoms with Crippen molar-refractivity contribution in [3.05, 3.63) is 47.9 Å². The Kier molecular flexibility index (Phi) is 6.22. The second-order valence-electron chi connectivity index (χ2n) is 4.43. The van der Waals surface area contributed by atoms with Gasteiger partial charge in [0, 0.05) is 11.1 Å². The first-order valence-corrected chi connectivity index (χ1v) is 8.11. The zero-order valence-electron chi connectivity index (χ0n) is 12.5. The number of rotatable bonds is 2. The zero-order chi connectivity index (χ0) is 18.3. The molecule has 5 N–H and O–H groups in total. The Morgan fingerprint density at radius 1 is 1.33 bits per heavy atom. The zero-order valence-corrected chi connectivity index (χ0v) is 13.3. The van der Waals surface area contributed by atoms with Crippen molar-refractivity contribution >= 4 is 22.0 Å². The van der Waals surface area contributed by atoms with Crippen LogP contribution in [0.5, 0.6) is 0 Å². The third-order valence-corrected chi connectivity index (χ3v) is 2.42. The largest absolute Gasteiger partial charge is 0.453 e. The third kappa shape index (κ3) is 6.30. The first-order chi connectivity index (χ1) is 11.1. The Balaban J connectivity index is 0.000000505. The maximum atomic E-state index is 11.7. The second kappa shape index (κ2) is 7.91.